The van der Waals surface area contributed by atoms with Gasteiger partial charge < -0.3 is 16.2 Å². The maximum atomic E-state index is 11.6. The maximum Gasteiger partial charge on any atom is 0.320 e. The number of rotatable bonds is 8. The minimum absolute atomic E-state index is 0.0597. The number of hydrogen-bond acceptors (Lipinski definition) is 4. The molecule has 1 aromatic rings. The Bertz CT molecular complexity index is 409. The summed E-state index contributed by atoms with van der Waals surface area (Å²) >= 11 is 0. The molecule has 1 atom stereocenters. The van der Waals surface area contributed by atoms with Gasteiger partial charge in [-0.25, -0.2) is 0 Å². The van der Waals surface area contributed by atoms with Gasteiger partial charge in [0.05, 0.1) is 6.42 Å². The van der Waals surface area contributed by atoms with E-state index in [0.29, 0.717) is 25.8 Å². The van der Waals surface area contributed by atoms with E-state index in [9.17, 15) is 9.59 Å². The number of nitrogens with one attached hydrogen (secondary N) is 1. The van der Waals surface area contributed by atoms with Crippen LogP contribution in [0, 0.1) is 0 Å². The molecule has 0 radical (unpaired) electrons. The van der Waals surface area contributed by atoms with Crippen LogP contribution in [-0.2, 0) is 16.0 Å². The number of nitrogens with two attached hydrogens (primary N) is 1. The van der Waals surface area contributed by atoms with Gasteiger partial charge in [0.2, 0.25) is 5.91 Å². The first-order valence-electron chi connectivity index (χ1n) is 6.23. The monoisotopic (exact) mass is 265 g/mol. The first kappa shape index (κ1) is 15.1. The van der Waals surface area contributed by atoms with E-state index in [1.165, 1.54) is 0 Å². The Morgan fingerprint density at radius 3 is 2.84 bits per heavy atom. The lowest BCUT2D eigenvalue weighted by Crippen LogP contribution is -2.30. The second kappa shape index (κ2) is 8.20. The molecule has 0 saturated carbocycles. The van der Waals surface area contributed by atoms with E-state index < -0.39 is 12.0 Å². The van der Waals surface area contributed by atoms with Crippen molar-refractivity contribution in [2.75, 3.05) is 6.54 Å². The Hall–Kier alpha value is -1.95. The van der Waals surface area contributed by atoms with Gasteiger partial charge in [-0.05, 0) is 30.9 Å². The van der Waals surface area contributed by atoms with Crippen LogP contribution in [0.25, 0.3) is 0 Å². The van der Waals surface area contributed by atoms with Gasteiger partial charge in [-0.2, -0.15) is 0 Å². The molecular weight excluding hydrogens is 246 g/mol. The molecule has 19 heavy (non-hydrogen) atoms. The van der Waals surface area contributed by atoms with Gasteiger partial charge in [-0.15, -0.1) is 0 Å². The van der Waals surface area contributed by atoms with Gasteiger partial charge in [-0.1, -0.05) is 6.07 Å². The van der Waals surface area contributed by atoms with Crippen molar-refractivity contribution in [1.82, 2.24) is 10.3 Å². The number of unbranched alkanes of at least 4 members (excludes halogenated alkanes) is 1. The molecule has 4 N–H and O–H groups in total. The molecule has 0 aromatic carbocycles. The Morgan fingerprint density at radius 1 is 1.42 bits per heavy atom. The lowest BCUT2D eigenvalue weighted by molar-refractivity contribution is -0.138. The summed E-state index contributed by atoms with van der Waals surface area (Å²) in [5, 5.41) is 11.4. The van der Waals surface area contributed by atoms with E-state index in [-0.39, 0.29) is 5.91 Å². The van der Waals surface area contributed by atoms with Crippen molar-refractivity contribution in [3.05, 3.63) is 30.1 Å². The molecule has 0 saturated heterocycles. The van der Waals surface area contributed by atoms with E-state index in [4.69, 9.17) is 10.8 Å². The summed E-state index contributed by atoms with van der Waals surface area (Å²) in [5.41, 5.74) is 6.24. The summed E-state index contributed by atoms with van der Waals surface area (Å²) in [4.78, 5) is 26.0. The largest absolute Gasteiger partial charge is 0.480 e. The lowest BCUT2D eigenvalue weighted by Gasteiger charge is -2.07. The van der Waals surface area contributed by atoms with Gasteiger partial charge >= 0.3 is 5.97 Å². The van der Waals surface area contributed by atoms with Crippen LogP contribution in [0.3, 0.4) is 0 Å². The second-order valence-electron chi connectivity index (χ2n) is 4.33. The van der Waals surface area contributed by atoms with E-state index in [0.717, 1.165) is 12.0 Å². The zero-order chi connectivity index (χ0) is 14.1. The number of carboxylic acids is 1. The van der Waals surface area contributed by atoms with Crippen LogP contribution in [0.15, 0.2) is 24.5 Å². The third-order valence-electron chi connectivity index (χ3n) is 2.67. The van der Waals surface area contributed by atoms with Gasteiger partial charge in [0.15, 0.2) is 0 Å². The average Bonchev–Trinajstić information content (AvgIpc) is 2.39. The number of carbonyl (C=O) groups is 2. The van der Waals surface area contributed by atoms with E-state index in [1.54, 1.807) is 18.5 Å². The highest BCUT2D eigenvalue weighted by molar-refractivity contribution is 5.78. The first-order chi connectivity index (χ1) is 9.09. The van der Waals surface area contributed by atoms with Crippen LogP contribution in [0.2, 0.25) is 0 Å². The van der Waals surface area contributed by atoms with Crippen molar-refractivity contribution in [2.45, 2.75) is 31.7 Å². The highest BCUT2D eigenvalue weighted by Gasteiger charge is 2.10. The third kappa shape index (κ3) is 6.52. The third-order valence-corrected chi connectivity index (χ3v) is 2.67. The van der Waals surface area contributed by atoms with Crippen molar-refractivity contribution in [2.24, 2.45) is 5.73 Å². The topological polar surface area (TPSA) is 105 Å². The molecule has 0 spiro atoms. The standard InChI is InChI=1S/C13H19N3O3/c14-11(13(18)19)5-1-2-7-16-12(17)8-10-4-3-6-15-9-10/h3-4,6,9,11H,1-2,5,7-8,14H2,(H,16,17)(H,18,19)/t11-/m0/s1. The second-order valence-corrected chi connectivity index (χ2v) is 4.33. The van der Waals surface area contributed by atoms with Gasteiger partial charge in [0.1, 0.15) is 6.04 Å². The summed E-state index contributed by atoms with van der Waals surface area (Å²) in [6.07, 6.45) is 5.45. The number of aromatic nitrogens is 1. The molecule has 1 amide bonds. The zero-order valence-corrected chi connectivity index (χ0v) is 10.7. The SMILES string of the molecule is N[C@@H](CCCCNC(=O)Cc1cccnc1)C(=O)O. The summed E-state index contributed by atoms with van der Waals surface area (Å²) in [5.74, 6) is -1.05. The highest BCUT2D eigenvalue weighted by atomic mass is 16.4. The van der Waals surface area contributed by atoms with E-state index >= 15 is 0 Å². The molecule has 1 heterocycles. The molecule has 6 nitrogen and oxygen atoms in total. The fourth-order valence-corrected chi connectivity index (χ4v) is 1.59. The van der Waals surface area contributed by atoms with Crippen LogP contribution < -0.4 is 11.1 Å². The molecule has 0 unspecified atom stereocenters. The summed E-state index contributed by atoms with van der Waals surface area (Å²) in [7, 11) is 0. The summed E-state index contributed by atoms with van der Waals surface area (Å²) in [6, 6.07) is 2.82. The van der Waals surface area contributed by atoms with Crippen LogP contribution >= 0.6 is 0 Å². The number of carbonyl (C=O) groups excluding carboxylic acids is 1. The average molecular weight is 265 g/mol. The van der Waals surface area contributed by atoms with E-state index in [1.807, 2.05) is 6.07 Å². The molecule has 0 aliphatic carbocycles. The number of amides is 1. The molecule has 1 rings (SSSR count). The smallest absolute Gasteiger partial charge is 0.320 e. The van der Waals surface area contributed by atoms with Crippen LogP contribution in [-0.4, -0.2) is 34.6 Å². The minimum Gasteiger partial charge on any atom is -0.480 e. The minimum atomic E-state index is -0.986. The molecule has 6 heteroatoms. The number of aliphatic carboxylic acids is 1. The lowest BCUT2D eigenvalue weighted by atomic mass is 10.1. The molecule has 0 bridgehead atoms. The summed E-state index contributed by atoms with van der Waals surface area (Å²) < 4.78 is 0. The Morgan fingerprint density at radius 2 is 2.21 bits per heavy atom. The van der Waals surface area contributed by atoms with Gasteiger partial charge in [-0.3, -0.25) is 14.6 Å². The Kier molecular flexibility index (Phi) is 6.52. The number of carboxylic acid groups (broad SMARTS) is 1. The fourth-order valence-electron chi connectivity index (χ4n) is 1.59. The Balaban J connectivity index is 2.10. The quantitative estimate of drug-likeness (QED) is 0.587. The van der Waals surface area contributed by atoms with Gasteiger partial charge in [0.25, 0.3) is 0 Å². The maximum absolute atomic E-state index is 11.6. The first-order valence-corrected chi connectivity index (χ1v) is 6.23. The molecule has 0 fully saturated rings. The molecule has 0 aliphatic rings. The number of hydrogen-bond donors (Lipinski definition) is 3. The number of nitrogens with zero attached hydrogens (tertiary/aromatic N) is 1. The highest BCUT2D eigenvalue weighted by Crippen LogP contribution is 1.99. The van der Waals surface area contributed by atoms with Crippen molar-refractivity contribution in [3.63, 3.8) is 0 Å². The molecular formula is C13H19N3O3. The van der Waals surface area contributed by atoms with Gasteiger partial charge in [0, 0.05) is 18.9 Å². The predicted octanol–water partition coefficient (Wildman–Crippen LogP) is 0.322. The molecule has 1 aromatic heterocycles. The van der Waals surface area contributed by atoms with Crippen molar-refractivity contribution < 1.29 is 14.7 Å². The van der Waals surface area contributed by atoms with Crippen molar-refractivity contribution in [3.8, 4) is 0 Å². The predicted molar refractivity (Wildman–Crippen MR) is 70.4 cm³/mol. The van der Waals surface area contributed by atoms with Crippen LogP contribution in [0.4, 0.5) is 0 Å². The van der Waals surface area contributed by atoms with Crippen molar-refractivity contribution in [1.29, 1.82) is 0 Å². The van der Waals surface area contributed by atoms with Crippen LogP contribution in [0.1, 0.15) is 24.8 Å². The zero-order valence-electron chi connectivity index (χ0n) is 10.7. The number of pyridine rings is 1. The fraction of sp³-hybridized carbons (Fsp3) is 0.462. The summed E-state index contributed by atoms with van der Waals surface area (Å²) in [6.45, 7) is 0.533. The normalized spacial score (nSPS) is 11.8. The Labute approximate surface area is 112 Å². The van der Waals surface area contributed by atoms with Crippen LogP contribution in [0.5, 0.6) is 0 Å². The molecule has 0 aliphatic heterocycles. The molecule has 104 valence electrons. The van der Waals surface area contributed by atoms with E-state index in [2.05, 4.69) is 10.3 Å². The van der Waals surface area contributed by atoms with Crippen molar-refractivity contribution >= 4 is 11.9 Å².